The largest absolute Gasteiger partial charge is 0.451 e. The molecule has 0 amide bonds. The fourth-order valence-electron chi connectivity index (χ4n) is 1.88. The summed E-state index contributed by atoms with van der Waals surface area (Å²) in [6.45, 7) is 2.74. The molecular formula is C12H15ClF3N3. The molecule has 19 heavy (non-hydrogen) atoms. The minimum atomic E-state index is -4.57. The van der Waals surface area contributed by atoms with Crippen LogP contribution < -0.4 is 4.90 Å². The van der Waals surface area contributed by atoms with Crippen molar-refractivity contribution in [1.29, 1.82) is 0 Å². The zero-order chi connectivity index (χ0) is 14.0. The van der Waals surface area contributed by atoms with Crippen LogP contribution in [0.3, 0.4) is 0 Å². The standard InChI is InChI=1S/C12H15ClF3N3/c1-2-3-6-19(8-4-5-8)10-7-9(13)17-11(18-10)12(14,15)16/h7-8H,2-6H2,1H3. The topological polar surface area (TPSA) is 29.0 Å². The first kappa shape index (κ1) is 14.4. The van der Waals surface area contributed by atoms with Crippen molar-refractivity contribution in [3.63, 3.8) is 0 Å². The molecule has 0 unspecified atom stereocenters. The molecule has 0 N–H and O–H groups in total. The van der Waals surface area contributed by atoms with Crippen LogP contribution in [0.5, 0.6) is 0 Å². The average molecular weight is 294 g/mol. The summed E-state index contributed by atoms with van der Waals surface area (Å²) >= 11 is 5.68. The zero-order valence-corrected chi connectivity index (χ0v) is 11.3. The Labute approximate surface area is 114 Å². The number of alkyl halides is 3. The fourth-order valence-corrected chi connectivity index (χ4v) is 2.06. The predicted molar refractivity (Wildman–Crippen MR) is 67.3 cm³/mol. The number of hydrogen-bond donors (Lipinski definition) is 0. The molecule has 0 aromatic carbocycles. The van der Waals surface area contributed by atoms with Gasteiger partial charge in [0.1, 0.15) is 11.0 Å². The Morgan fingerprint density at radius 1 is 1.37 bits per heavy atom. The van der Waals surface area contributed by atoms with Gasteiger partial charge in [-0.1, -0.05) is 24.9 Å². The number of anilines is 1. The van der Waals surface area contributed by atoms with Gasteiger partial charge in [0.05, 0.1) is 0 Å². The Morgan fingerprint density at radius 2 is 2.05 bits per heavy atom. The van der Waals surface area contributed by atoms with Crippen molar-refractivity contribution >= 4 is 17.4 Å². The molecule has 0 bridgehead atoms. The summed E-state index contributed by atoms with van der Waals surface area (Å²) in [4.78, 5) is 8.78. The molecular weight excluding hydrogens is 279 g/mol. The molecule has 0 radical (unpaired) electrons. The number of nitrogens with zero attached hydrogens (tertiary/aromatic N) is 3. The van der Waals surface area contributed by atoms with Gasteiger partial charge in [0.2, 0.25) is 5.82 Å². The van der Waals surface area contributed by atoms with Crippen molar-refractivity contribution < 1.29 is 13.2 Å². The first-order valence-corrected chi connectivity index (χ1v) is 6.68. The van der Waals surface area contributed by atoms with Crippen LogP contribution in [0.25, 0.3) is 0 Å². The summed E-state index contributed by atoms with van der Waals surface area (Å²) in [5, 5.41) is -0.167. The summed E-state index contributed by atoms with van der Waals surface area (Å²) in [5.74, 6) is -0.888. The van der Waals surface area contributed by atoms with E-state index < -0.39 is 12.0 Å². The van der Waals surface area contributed by atoms with Gasteiger partial charge in [-0.05, 0) is 19.3 Å². The Balaban J connectivity index is 2.28. The van der Waals surface area contributed by atoms with Crippen LogP contribution in [-0.2, 0) is 6.18 Å². The van der Waals surface area contributed by atoms with Crippen molar-refractivity contribution in [2.24, 2.45) is 0 Å². The summed E-state index contributed by atoms with van der Waals surface area (Å²) in [6.07, 6.45) is -0.688. The van der Waals surface area contributed by atoms with Crippen molar-refractivity contribution in [3.8, 4) is 0 Å². The average Bonchev–Trinajstić information content (AvgIpc) is 3.12. The van der Waals surface area contributed by atoms with Gasteiger partial charge >= 0.3 is 6.18 Å². The van der Waals surface area contributed by atoms with Gasteiger partial charge in [-0.25, -0.2) is 9.97 Å². The van der Waals surface area contributed by atoms with E-state index in [2.05, 4.69) is 9.97 Å². The minimum Gasteiger partial charge on any atom is -0.353 e. The third kappa shape index (κ3) is 3.72. The van der Waals surface area contributed by atoms with E-state index in [1.807, 2.05) is 11.8 Å². The Kier molecular flexibility index (Phi) is 4.18. The smallest absolute Gasteiger partial charge is 0.353 e. The van der Waals surface area contributed by atoms with Crippen molar-refractivity contribution in [2.75, 3.05) is 11.4 Å². The molecule has 0 spiro atoms. The molecule has 1 heterocycles. The maximum atomic E-state index is 12.7. The highest BCUT2D eigenvalue weighted by Gasteiger charge is 2.37. The lowest BCUT2D eigenvalue weighted by atomic mass is 10.3. The minimum absolute atomic E-state index is 0.167. The molecule has 2 rings (SSSR count). The molecule has 1 saturated carbocycles. The SMILES string of the molecule is CCCCN(c1cc(Cl)nc(C(F)(F)F)n1)C1CC1. The molecule has 0 aliphatic heterocycles. The lowest BCUT2D eigenvalue weighted by Gasteiger charge is -2.24. The van der Waals surface area contributed by atoms with E-state index >= 15 is 0 Å². The quantitative estimate of drug-likeness (QED) is 0.771. The van der Waals surface area contributed by atoms with Crippen LogP contribution >= 0.6 is 11.6 Å². The molecule has 106 valence electrons. The first-order valence-electron chi connectivity index (χ1n) is 6.30. The van der Waals surface area contributed by atoms with Gasteiger partial charge in [-0.3, -0.25) is 0 Å². The second-order valence-electron chi connectivity index (χ2n) is 4.65. The van der Waals surface area contributed by atoms with Gasteiger partial charge in [0.15, 0.2) is 0 Å². The first-order chi connectivity index (χ1) is 8.91. The number of aromatic nitrogens is 2. The van der Waals surface area contributed by atoms with Gasteiger partial charge in [0, 0.05) is 18.7 Å². The summed E-state index contributed by atoms with van der Waals surface area (Å²) < 4.78 is 38.0. The second-order valence-corrected chi connectivity index (χ2v) is 5.04. The molecule has 1 aliphatic rings. The van der Waals surface area contributed by atoms with E-state index in [4.69, 9.17) is 11.6 Å². The second kappa shape index (κ2) is 5.53. The molecule has 0 saturated heterocycles. The van der Waals surface area contributed by atoms with E-state index in [0.717, 1.165) is 25.7 Å². The highest BCUT2D eigenvalue weighted by atomic mass is 35.5. The van der Waals surface area contributed by atoms with E-state index in [1.54, 1.807) is 0 Å². The van der Waals surface area contributed by atoms with E-state index in [0.29, 0.717) is 12.6 Å². The fraction of sp³-hybridized carbons (Fsp3) is 0.667. The highest BCUT2D eigenvalue weighted by Crippen LogP contribution is 2.34. The monoisotopic (exact) mass is 293 g/mol. The summed E-state index contributed by atoms with van der Waals surface area (Å²) in [7, 11) is 0. The van der Waals surface area contributed by atoms with Gasteiger partial charge in [0.25, 0.3) is 0 Å². The zero-order valence-electron chi connectivity index (χ0n) is 10.5. The molecule has 3 nitrogen and oxygen atoms in total. The van der Waals surface area contributed by atoms with Gasteiger partial charge in [-0.2, -0.15) is 13.2 Å². The van der Waals surface area contributed by atoms with Crippen molar-refractivity contribution in [3.05, 3.63) is 17.0 Å². The molecule has 1 aromatic rings. The maximum Gasteiger partial charge on any atom is 0.451 e. The highest BCUT2D eigenvalue weighted by molar-refractivity contribution is 6.29. The number of rotatable bonds is 5. The lowest BCUT2D eigenvalue weighted by molar-refractivity contribution is -0.144. The summed E-state index contributed by atoms with van der Waals surface area (Å²) in [5.41, 5.74) is 0. The number of hydrogen-bond acceptors (Lipinski definition) is 3. The number of halogens is 4. The van der Waals surface area contributed by atoms with Crippen LogP contribution in [0.2, 0.25) is 5.15 Å². The number of unbranched alkanes of at least 4 members (excludes halogenated alkanes) is 1. The maximum absolute atomic E-state index is 12.7. The summed E-state index contributed by atoms with van der Waals surface area (Å²) in [6, 6.07) is 1.70. The van der Waals surface area contributed by atoms with Crippen LogP contribution in [0, 0.1) is 0 Å². The third-order valence-corrected chi connectivity index (χ3v) is 3.16. The van der Waals surface area contributed by atoms with Crippen molar-refractivity contribution in [1.82, 2.24) is 9.97 Å². The normalized spacial score (nSPS) is 15.6. The molecule has 0 atom stereocenters. The van der Waals surface area contributed by atoms with Gasteiger partial charge < -0.3 is 4.90 Å². The van der Waals surface area contributed by atoms with Crippen LogP contribution in [-0.4, -0.2) is 22.6 Å². The molecule has 1 fully saturated rings. The Hall–Kier alpha value is -1.04. The van der Waals surface area contributed by atoms with E-state index in [-0.39, 0.29) is 11.0 Å². The van der Waals surface area contributed by atoms with Crippen molar-refractivity contribution in [2.45, 2.75) is 44.8 Å². The Morgan fingerprint density at radius 3 is 2.58 bits per heavy atom. The molecule has 7 heteroatoms. The van der Waals surface area contributed by atoms with E-state index in [1.165, 1.54) is 6.07 Å². The lowest BCUT2D eigenvalue weighted by Crippen LogP contribution is -2.28. The Bertz CT molecular complexity index is 446. The van der Waals surface area contributed by atoms with E-state index in [9.17, 15) is 13.2 Å². The van der Waals surface area contributed by atoms with Crippen LogP contribution in [0.4, 0.5) is 19.0 Å². The molecule has 1 aliphatic carbocycles. The van der Waals surface area contributed by atoms with Crippen LogP contribution in [0.1, 0.15) is 38.4 Å². The molecule has 1 aromatic heterocycles. The predicted octanol–water partition coefficient (Wildman–Crippen LogP) is 3.92. The third-order valence-electron chi connectivity index (χ3n) is 2.97. The van der Waals surface area contributed by atoms with Gasteiger partial charge in [-0.15, -0.1) is 0 Å². The van der Waals surface area contributed by atoms with Crippen LogP contribution in [0.15, 0.2) is 6.07 Å².